The van der Waals surface area contributed by atoms with Gasteiger partial charge < -0.3 is 4.90 Å². The summed E-state index contributed by atoms with van der Waals surface area (Å²) in [6.07, 6.45) is 6.30. The van der Waals surface area contributed by atoms with Crippen molar-refractivity contribution >= 4 is 26.6 Å². The number of hydrogen-bond donors (Lipinski definition) is 1. The summed E-state index contributed by atoms with van der Waals surface area (Å²) in [4.78, 5) is 6.72. The third-order valence-electron chi connectivity index (χ3n) is 4.81. The molecule has 1 aliphatic rings. The molecule has 1 fully saturated rings. The van der Waals surface area contributed by atoms with E-state index < -0.39 is 0 Å². The van der Waals surface area contributed by atoms with E-state index in [0.717, 1.165) is 48.7 Å². The average Bonchev–Trinajstić information content (AvgIpc) is 2.87. The number of thioether (sulfide) groups is 1. The zero-order valence-corrected chi connectivity index (χ0v) is 16.8. The average molecular weight is 389 g/mol. The quantitative estimate of drug-likeness (QED) is 0.340. The summed E-state index contributed by atoms with van der Waals surface area (Å²) >= 11 is 1.68. The standard InChI is InChI=1S/C20H25FN3PS/c21-18-7-1-4-16(13-18)14-26-19-17(6-2-9-23-19)12-15-5-3-10-24(11-8-15)20(22)25/h1-2,4,6-7,9,13,15,22H,3,5,8,10-12,14,25H2. The van der Waals surface area contributed by atoms with Crippen LogP contribution in [-0.2, 0) is 12.2 Å². The number of rotatable bonds is 5. The Bertz CT molecular complexity index is 755. The number of hydrogen-bond acceptors (Lipinski definition) is 3. The molecule has 1 saturated heterocycles. The van der Waals surface area contributed by atoms with Crippen LogP contribution in [0.15, 0.2) is 47.6 Å². The van der Waals surface area contributed by atoms with Gasteiger partial charge in [0.2, 0.25) is 0 Å². The largest absolute Gasteiger partial charge is 0.357 e. The van der Waals surface area contributed by atoms with Crippen LogP contribution in [0, 0.1) is 17.1 Å². The van der Waals surface area contributed by atoms with E-state index >= 15 is 0 Å². The van der Waals surface area contributed by atoms with Crippen molar-refractivity contribution in [2.75, 3.05) is 13.1 Å². The van der Waals surface area contributed by atoms with Crippen LogP contribution < -0.4 is 0 Å². The number of pyridine rings is 1. The highest BCUT2D eigenvalue weighted by Crippen LogP contribution is 2.29. The number of benzene rings is 1. The van der Waals surface area contributed by atoms with Crippen molar-refractivity contribution in [2.45, 2.75) is 36.5 Å². The highest BCUT2D eigenvalue weighted by Gasteiger charge is 2.19. The fraction of sp³-hybridized carbons (Fsp3) is 0.400. The van der Waals surface area contributed by atoms with Crippen LogP contribution in [0.3, 0.4) is 0 Å². The zero-order chi connectivity index (χ0) is 18.4. The molecule has 1 aromatic heterocycles. The van der Waals surface area contributed by atoms with Gasteiger partial charge in [-0.3, -0.25) is 5.41 Å². The van der Waals surface area contributed by atoms with Crippen molar-refractivity contribution in [3.63, 3.8) is 0 Å². The molecular formula is C20H25FN3PS. The van der Waals surface area contributed by atoms with Crippen molar-refractivity contribution in [2.24, 2.45) is 5.92 Å². The lowest BCUT2D eigenvalue weighted by molar-refractivity contribution is 0.419. The summed E-state index contributed by atoms with van der Waals surface area (Å²) in [5.74, 6) is 1.17. The van der Waals surface area contributed by atoms with Crippen molar-refractivity contribution < 1.29 is 4.39 Å². The molecule has 26 heavy (non-hydrogen) atoms. The Morgan fingerprint density at radius 2 is 2.15 bits per heavy atom. The number of nitrogens with one attached hydrogen (secondary N) is 1. The van der Waals surface area contributed by atoms with E-state index in [4.69, 9.17) is 5.41 Å². The maximum absolute atomic E-state index is 13.4. The monoisotopic (exact) mass is 389 g/mol. The second-order valence-electron chi connectivity index (χ2n) is 6.76. The van der Waals surface area contributed by atoms with Gasteiger partial charge in [0, 0.05) is 25.0 Å². The van der Waals surface area contributed by atoms with Crippen LogP contribution in [0.4, 0.5) is 4.39 Å². The van der Waals surface area contributed by atoms with Crippen LogP contribution in [0.5, 0.6) is 0 Å². The first-order valence-electron chi connectivity index (χ1n) is 9.02. The predicted molar refractivity (Wildman–Crippen MR) is 110 cm³/mol. The molecule has 3 rings (SSSR count). The lowest BCUT2D eigenvalue weighted by atomic mass is 9.93. The molecule has 0 amide bonds. The molecule has 6 heteroatoms. The van der Waals surface area contributed by atoms with Gasteiger partial charge >= 0.3 is 0 Å². The summed E-state index contributed by atoms with van der Waals surface area (Å²) in [5, 5.41) is 8.86. The van der Waals surface area contributed by atoms with Gasteiger partial charge in [-0.2, -0.15) is 0 Å². The van der Waals surface area contributed by atoms with Gasteiger partial charge in [-0.25, -0.2) is 9.37 Å². The summed E-state index contributed by atoms with van der Waals surface area (Å²) in [7, 11) is 2.50. The molecule has 2 unspecified atom stereocenters. The molecule has 2 aromatic rings. The SMILES string of the molecule is N=C(P)N1CCCC(Cc2cccnc2SCc2cccc(F)c2)CC1. The normalized spacial score (nSPS) is 17.8. The maximum Gasteiger partial charge on any atom is 0.123 e. The lowest BCUT2D eigenvalue weighted by Crippen LogP contribution is -2.27. The summed E-state index contributed by atoms with van der Waals surface area (Å²) in [5.41, 5.74) is 2.86. The molecule has 1 aromatic carbocycles. The first kappa shape index (κ1) is 19.3. The highest BCUT2D eigenvalue weighted by molar-refractivity contribution is 7.98. The van der Waals surface area contributed by atoms with Crippen molar-refractivity contribution in [1.82, 2.24) is 9.88 Å². The Morgan fingerprint density at radius 3 is 2.96 bits per heavy atom. The Morgan fingerprint density at radius 1 is 1.27 bits per heavy atom. The first-order valence-corrected chi connectivity index (χ1v) is 10.6. The number of aromatic nitrogens is 1. The Labute approximate surface area is 161 Å². The number of nitrogens with zero attached hydrogens (tertiary/aromatic N) is 2. The van der Waals surface area contributed by atoms with Crippen LogP contribution in [-0.4, -0.2) is 28.6 Å². The Balaban J connectivity index is 1.62. The van der Waals surface area contributed by atoms with E-state index in [-0.39, 0.29) is 5.82 Å². The smallest absolute Gasteiger partial charge is 0.123 e. The predicted octanol–water partition coefficient (Wildman–Crippen LogP) is 4.97. The minimum absolute atomic E-state index is 0.188. The van der Waals surface area contributed by atoms with Gasteiger partial charge in [-0.1, -0.05) is 27.4 Å². The van der Waals surface area contributed by atoms with Crippen molar-refractivity contribution in [3.05, 3.63) is 59.5 Å². The maximum atomic E-state index is 13.4. The number of likely N-dealkylation sites (tertiary alicyclic amines) is 1. The van der Waals surface area contributed by atoms with Gasteiger partial charge in [0.1, 0.15) is 11.4 Å². The van der Waals surface area contributed by atoms with Crippen LogP contribution >= 0.6 is 21.0 Å². The Kier molecular flexibility index (Phi) is 7.04. The van der Waals surface area contributed by atoms with Crippen molar-refractivity contribution in [3.8, 4) is 0 Å². The summed E-state index contributed by atoms with van der Waals surface area (Å²) in [6, 6.07) is 10.9. The van der Waals surface area contributed by atoms with E-state index in [9.17, 15) is 4.39 Å². The van der Waals surface area contributed by atoms with E-state index in [1.807, 2.05) is 18.3 Å². The van der Waals surface area contributed by atoms with E-state index in [1.165, 1.54) is 18.1 Å². The molecule has 1 N–H and O–H groups in total. The zero-order valence-electron chi connectivity index (χ0n) is 14.8. The highest BCUT2D eigenvalue weighted by atomic mass is 32.2. The van der Waals surface area contributed by atoms with E-state index in [2.05, 4.69) is 25.2 Å². The second-order valence-corrected chi connectivity index (χ2v) is 8.27. The molecule has 1 aliphatic heterocycles. The second kappa shape index (κ2) is 9.48. The molecule has 0 bridgehead atoms. The number of amidine groups is 1. The molecule has 0 radical (unpaired) electrons. The van der Waals surface area contributed by atoms with Gasteiger partial charge in [0.25, 0.3) is 0 Å². The molecule has 0 spiro atoms. The molecule has 2 heterocycles. The summed E-state index contributed by atoms with van der Waals surface area (Å²) in [6.45, 7) is 1.94. The van der Waals surface area contributed by atoms with Gasteiger partial charge in [-0.15, -0.1) is 11.8 Å². The first-order chi connectivity index (χ1) is 12.6. The van der Waals surface area contributed by atoms with E-state index in [1.54, 1.807) is 23.9 Å². The molecule has 2 atom stereocenters. The van der Waals surface area contributed by atoms with Crippen LogP contribution in [0.1, 0.15) is 30.4 Å². The molecule has 0 saturated carbocycles. The topological polar surface area (TPSA) is 40.0 Å². The minimum Gasteiger partial charge on any atom is -0.357 e. The fourth-order valence-corrected chi connectivity index (χ4v) is 4.62. The molecule has 3 nitrogen and oxygen atoms in total. The lowest BCUT2D eigenvalue weighted by Gasteiger charge is -2.20. The molecule has 138 valence electrons. The third kappa shape index (κ3) is 5.52. The van der Waals surface area contributed by atoms with Gasteiger partial charge in [0.15, 0.2) is 0 Å². The van der Waals surface area contributed by atoms with Gasteiger partial charge in [0.05, 0.1) is 5.03 Å². The molecular weight excluding hydrogens is 364 g/mol. The number of halogens is 1. The van der Waals surface area contributed by atoms with Gasteiger partial charge in [-0.05, 0) is 60.9 Å². The third-order valence-corrected chi connectivity index (χ3v) is 6.30. The van der Waals surface area contributed by atoms with Crippen LogP contribution in [0.2, 0.25) is 0 Å². The fourth-order valence-electron chi connectivity index (χ4n) is 3.41. The molecule has 0 aliphatic carbocycles. The Hall–Kier alpha value is -1.45. The van der Waals surface area contributed by atoms with Crippen molar-refractivity contribution in [1.29, 1.82) is 5.41 Å². The minimum atomic E-state index is -0.188. The van der Waals surface area contributed by atoms with E-state index in [0.29, 0.717) is 11.5 Å². The summed E-state index contributed by atoms with van der Waals surface area (Å²) < 4.78 is 13.4. The van der Waals surface area contributed by atoms with Crippen LogP contribution in [0.25, 0.3) is 0 Å².